The van der Waals surface area contributed by atoms with Gasteiger partial charge in [-0.1, -0.05) is 47.5 Å². The SMILES string of the molecule is CC(=O)c1ccccc1NC(=O)/C(C#N)=C\c1ccc(OCC(=O)Nc2ccc(Cl)c(Cl)c2)cc1. The van der Waals surface area contributed by atoms with E-state index in [9.17, 15) is 19.6 Å². The second kappa shape index (κ2) is 11.8. The number of carbonyl (C=O) groups excluding carboxylic acids is 3. The number of rotatable bonds is 8. The number of carbonyl (C=O) groups is 3. The van der Waals surface area contributed by atoms with Gasteiger partial charge in [0.25, 0.3) is 11.8 Å². The number of nitrogens with one attached hydrogen (secondary N) is 2. The molecule has 35 heavy (non-hydrogen) atoms. The molecule has 3 aromatic carbocycles. The van der Waals surface area contributed by atoms with Crippen LogP contribution in [0, 0.1) is 11.3 Å². The van der Waals surface area contributed by atoms with Crippen molar-refractivity contribution in [2.45, 2.75) is 6.92 Å². The van der Waals surface area contributed by atoms with Crippen molar-refractivity contribution in [3.05, 3.63) is 93.5 Å². The first-order valence-corrected chi connectivity index (χ1v) is 11.0. The van der Waals surface area contributed by atoms with Crippen molar-refractivity contribution in [1.82, 2.24) is 0 Å². The Kier molecular flexibility index (Phi) is 8.63. The Balaban J connectivity index is 1.60. The molecule has 0 aliphatic heterocycles. The van der Waals surface area contributed by atoms with Crippen LogP contribution in [-0.2, 0) is 9.59 Å². The number of nitriles is 1. The normalized spacial score (nSPS) is 10.7. The molecule has 0 heterocycles. The lowest BCUT2D eigenvalue weighted by Crippen LogP contribution is -2.20. The minimum Gasteiger partial charge on any atom is -0.484 e. The van der Waals surface area contributed by atoms with E-state index in [1.807, 2.05) is 6.07 Å². The fourth-order valence-electron chi connectivity index (χ4n) is 2.98. The van der Waals surface area contributed by atoms with Gasteiger partial charge in [0.05, 0.1) is 15.7 Å². The predicted octanol–water partition coefficient (Wildman–Crippen LogP) is 5.76. The summed E-state index contributed by atoms with van der Waals surface area (Å²) in [5, 5.41) is 15.4. The van der Waals surface area contributed by atoms with Gasteiger partial charge in [0.1, 0.15) is 17.4 Å². The van der Waals surface area contributed by atoms with Crippen molar-refractivity contribution in [3.8, 4) is 11.8 Å². The Morgan fingerprint density at radius 1 is 0.971 bits per heavy atom. The Hall–Kier alpha value is -4.12. The summed E-state index contributed by atoms with van der Waals surface area (Å²) in [5.41, 5.74) is 1.60. The summed E-state index contributed by atoms with van der Waals surface area (Å²) in [6, 6.07) is 19.6. The zero-order valence-electron chi connectivity index (χ0n) is 18.5. The van der Waals surface area contributed by atoms with Gasteiger partial charge in [-0.15, -0.1) is 0 Å². The molecular weight excluding hydrogens is 489 g/mol. The van der Waals surface area contributed by atoms with Crippen LogP contribution in [0.15, 0.2) is 72.3 Å². The third-order valence-electron chi connectivity index (χ3n) is 4.68. The van der Waals surface area contributed by atoms with Crippen molar-refractivity contribution in [2.24, 2.45) is 0 Å². The summed E-state index contributed by atoms with van der Waals surface area (Å²) in [5.74, 6) is -0.809. The highest BCUT2D eigenvalue weighted by atomic mass is 35.5. The van der Waals surface area contributed by atoms with E-state index in [0.717, 1.165) is 0 Å². The van der Waals surface area contributed by atoms with Crippen molar-refractivity contribution < 1.29 is 19.1 Å². The lowest BCUT2D eigenvalue weighted by Gasteiger charge is -2.09. The van der Waals surface area contributed by atoms with Gasteiger partial charge in [0.2, 0.25) is 0 Å². The number of Topliss-reactive ketones (excluding diaryl/α,β-unsaturated/α-hetero) is 1. The molecule has 2 amide bonds. The van der Waals surface area contributed by atoms with Crippen LogP contribution in [0.4, 0.5) is 11.4 Å². The summed E-state index contributed by atoms with van der Waals surface area (Å²) >= 11 is 11.8. The molecule has 176 valence electrons. The lowest BCUT2D eigenvalue weighted by molar-refractivity contribution is -0.118. The topological polar surface area (TPSA) is 108 Å². The number of ketones is 1. The molecule has 7 nitrogen and oxygen atoms in total. The van der Waals surface area contributed by atoms with Crippen LogP contribution in [0.2, 0.25) is 10.0 Å². The quantitative estimate of drug-likeness (QED) is 0.229. The average Bonchev–Trinajstić information content (AvgIpc) is 2.84. The Morgan fingerprint density at radius 3 is 2.34 bits per heavy atom. The molecule has 3 rings (SSSR count). The lowest BCUT2D eigenvalue weighted by atomic mass is 10.1. The second-order valence-corrected chi connectivity index (χ2v) is 8.07. The Labute approximate surface area is 211 Å². The molecule has 0 spiro atoms. The van der Waals surface area contributed by atoms with Crippen molar-refractivity contribution in [2.75, 3.05) is 17.2 Å². The van der Waals surface area contributed by atoms with E-state index in [4.69, 9.17) is 27.9 Å². The monoisotopic (exact) mass is 507 g/mol. The number of para-hydroxylation sites is 1. The largest absolute Gasteiger partial charge is 0.484 e. The number of ether oxygens (including phenoxy) is 1. The third-order valence-corrected chi connectivity index (χ3v) is 5.42. The van der Waals surface area contributed by atoms with Gasteiger partial charge in [-0.2, -0.15) is 5.26 Å². The van der Waals surface area contributed by atoms with Crippen LogP contribution in [0.1, 0.15) is 22.8 Å². The van der Waals surface area contributed by atoms with E-state index < -0.39 is 5.91 Å². The van der Waals surface area contributed by atoms with Crippen molar-refractivity contribution in [1.29, 1.82) is 5.26 Å². The van der Waals surface area contributed by atoms with Gasteiger partial charge in [-0.25, -0.2) is 0 Å². The highest BCUT2D eigenvalue weighted by Gasteiger charge is 2.13. The molecule has 2 N–H and O–H groups in total. The molecular formula is C26H19Cl2N3O4. The highest BCUT2D eigenvalue weighted by Crippen LogP contribution is 2.25. The molecule has 9 heteroatoms. The minimum absolute atomic E-state index is 0.141. The summed E-state index contributed by atoms with van der Waals surface area (Å²) in [4.78, 5) is 36.4. The maximum absolute atomic E-state index is 12.6. The Bertz CT molecular complexity index is 1350. The van der Waals surface area contributed by atoms with Crippen LogP contribution >= 0.6 is 23.2 Å². The second-order valence-electron chi connectivity index (χ2n) is 7.26. The number of nitrogens with zero attached hydrogens (tertiary/aromatic N) is 1. The summed E-state index contributed by atoms with van der Waals surface area (Å²) in [6.45, 7) is 1.16. The molecule has 3 aromatic rings. The van der Waals surface area contributed by atoms with Crippen LogP contribution in [-0.4, -0.2) is 24.2 Å². The Morgan fingerprint density at radius 2 is 1.69 bits per heavy atom. The van der Waals surface area contributed by atoms with Gasteiger partial charge in [0.15, 0.2) is 12.4 Å². The molecule has 0 atom stereocenters. The third kappa shape index (κ3) is 7.18. The van der Waals surface area contributed by atoms with Gasteiger partial charge in [-0.3, -0.25) is 14.4 Å². The van der Waals surface area contributed by atoms with Gasteiger partial charge in [-0.05, 0) is 61.0 Å². The summed E-state index contributed by atoms with van der Waals surface area (Å²) < 4.78 is 5.47. The van der Waals surface area contributed by atoms with E-state index >= 15 is 0 Å². The number of hydrogen-bond donors (Lipinski definition) is 2. The van der Waals surface area contributed by atoms with Gasteiger partial charge >= 0.3 is 0 Å². The van der Waals surface area contributed by atoms with E-state index in [1.165, 1.54) is 19.1 Å². The minimum atomic E-state index is -0.638. The number of hydrogen-bond acceptors (Lipinski definition) is 5. The standard InChI is InChI=1S/C26H19Cl2N3O4/c1-16(32)21-4-2-3-5-24(21)31-26(34)18(14-29)12-17-6-9-20(10-7-17)35-15-25(33)30-19-8-11-22(27)23(28)13-19/h2-13H,15H2,1H3,(H,30,33)(H,31,34)/b18-12-. The molecule has 0 aromatic heterocycles. The van der Waals surface area contributed by atoms with Crippen molar-refractivity contribution in [3.63, 3.8) is 0 Å². The van der Waals surface area contributed by atoms with Crippen LogP contribution in [0.5, 0.6) is 5.75 Å². The number of anilines is 2. The van der Waals surface area contributed by atoms with E-state index in [2.05, 4.69) is 10.6 Å². The fourth-order valence-corrected chi connectivity index (χ4v) is 3.28. The highest BCUT2D eigenvalue weighted by molar-refractivity contribution is 6.42. The van der Waals surface area contributed by atoms with Crippen molar-refractivity contribution >= 4 is 58.3 Å². The summed E-state index contributed by atoms with van der Waals surface area (Å²) in [7, 11) is 0. The molecule has 0 saturated carbocycles. The molecule has 0 saturated heterocycles. The maximum atomic E-state index is 12.6. The predicted molar refractivity (Wildman–Crippen MR) is 136 cm³/mol. The fraction of sp³-hybridized carbons (Fsp3) is 0.0769. The summed E-state index contributed by atoms with van der Waals surface area (Å²) in [6.07, 6.45) is 1.41. The smallest absolute Gasteiger partial charge is 0.266 e. The zero-order valence-corrected chi connectivity index (χ0v) is 20.0. The van der Waals surface area contributed by atoms with Gasteiger partial charge in [0, 0.05) is 11.3 Å². The molecule has 0 radical (unpaired) electrons. The number of amides is 2. The van der Waals surface area contributed by atoms with Crippen LogP contribution < -0.4 is 15.4 Å². The first-order valence-electron chi connectivity index (χ1n) is 10.3. The molecule has 0 aliphatic carbocycles. The molecule has 0 unspecified atom stereocenters. The van der Waals surface area contributed by atoms with Crippen LogP contribution in [0.3, 0.4) is 0 Å². The van der Waals surface area contributed by atoms with E-state index in [0.29, 0.717) is 38.3 Å². The van der Waals surface area contributed by atoms with Crippen LogP contribution in [0.25, 0.3) is 6.08 Å². The maximum Gasteiger partial charge on any atom is 0.266 e. The number of halogens is 2. The number of benzene rings is 3. The molecule has 0 bridgehead atoms. The zero-order chi connectivity index (χ0) is 25.4. The molecule has 0 fully saturated rings. The average molecular weight is 508 g/mol. The van der Waals surface area contributed by atoms with E-state index in [1.54, 1.807) is 60.7 Å². The first-order chi connectivity index (χ1) is 16.8. The first kappa shape index (κ1) is 25.5. The van der Waals surface area contributed by atoms with Gasteiger partial charge < -0.3 is 15.4 Å². The van der Waals surface area contributed by atoms with E-state index in [-0.39, 0.29) is 23.9 Å². The molecule has 0 aliphatic rings.